The van der Waals surface area contributed by atoms with Gasteiger partial charge in [0.05, 0.1) is 6.54 Å². The van der Waals surface area contributed by atoms with E-state index in [1.807, 2.05) is 0 Å². The van der Waals surface area contributed by atoms with Crippen molar-refractivity contribution in [3.05, 3.63) is 18.3 Å². The fraction of sp³-hybridized carbons (Fsp3) is 0.500. The first-order chi connectivity index (χ1) is 9.45. The van der Waals surface area contributed by atoms with Gasteiger partial charge in [0.1, 0.15) is 10.7 Å². The lowest BCUT2D eigenvalue weighted by molar-refractivity contribution is -0.129. The number of rotatable bonds is 3. The molecule has 1 N–H and O–H groups in total. The van der Waals surface area contributed by atoms with Crippen molar-refractivity contribution >= 4 is 21.7 Å². The number of nitrogens with zero attached hydrogens (tertiary/aromatic N) is 3. The highest BCUT2D eigenvalue weighted by molar-refractivity contribution is 7.89. The van der Waals surface area contributed by atoms with Crippen LogP contribution < -0.4 is 5.32 Å². The topological polar surface area (TPSA) is 82.6 Å². The van der Waals surface area contributed by atoms with Crippen LogP contribution in [0.3, 0.4) is 0 Å². The molecule has 110 valence electrons. The third-order valence-electron chi connectivity index (χ3n) is 3.27. The molecule has 1 aromatic heterocycles. The Morgan fingerprint density at radius 2 is 2.05 bits per heavy atom. The molecule has 7 nitrogen and oxygen atoms in total. The zero-order chi connectivity index (χ0) is 14.8. The molecule has 1 aliphatic rings. The van der Waals surface area contributed by atoms with Gasteiger partial charge in [0, 0.05) is 33.4 Å². The van der Waals surface area contributed by atoms with E-state index < -0.39 is 10.0 Å². The van der Waals surface area contributed by atoms with Crippen LogP contribution in [0.5, 0.6) is 0 Å². The molecule has 1 aromatic rings. The minimum absolute atomic E-state index is 0.105. The molecule has 0 unspecified atom stereocenters. The van der Waals surface area contributed by atoms with E-state index in [4.69, 9.17) is 0 Å². The molecule has 0 bridgehead atoms. The summed E-state index contributed by atoms with van der Waals surface area (Å²) in [7, 11) is -0.281. The third-order valence-corrected chi connectivity index (χ3v) is 5.10. The van der Waals surface area contributed by atoms with Gasteiger partial charge >= 0.3 is 0 Å². The Hall–Kier alpha value is -1.67. The fourth-order valence-corrected chi connectivity index (χ4v) is 3.37. The number of hydrogen-bond donors (Lipinski definition) is 1. The second kappa shape index (κ2) is 5.76. The molecule has 1 saturated heterocycles. The Balaban J connectivity index is 2.26. The second-order valence-corrected chi connectivity index (χ2v) is 6.57. The van der Waals surface area contributed by atoms with Crippen LogP contribution in [0.2, 0.25) is 0 Å². The summed E-state index contributed by atoms with van der Waals surface area (Å²) in [4.78, 5) is 17.5. The van der Waals surface area contributed by atoms with Gasteiger partial charge in [0.25, 0.3) is 0 Å². The van der Waals surface area contributed by atoms with Crippen LogP contribution in [0.1, 0.15) is 6.42 Å². The molecule has 2 heterocycles. The van der Waals surface area contributed by atoms with Gasteiger partial charge in [-0.2, -0.15) is 4.31 Å². The predicted molar refractivity (Wildman–Crippen MR) is 74.8 cm³/mol. The van der Waals surface area contributed by atoms with Gasteiger partial charge in [-0.05, 0) is 18.6 Å². The van der Waals surface area contributed by atoms with Gasteiger partial charge in [0.2, 0.25) is 15.9 Å². The highest BCUT2D eigenvalue weighted by atomic mass is 32.2. The number of aromatic nitrogens is 1. The lowest BCUT2D eigenvalue weighted by atomic mass is 10.4. The minimum Gasteiger partial charge on any atom is -0.373 e. The first-order valence-electron chi connectivity index (χ1n) is 6.33. The zero-order valence-corrected chi connectivity index (χ0v) is 12.4. The minimum atomic E-state index is -3.67. The van der Waals surface area contributed by atoms with Gasteiger partial charge in [-0.25, -0.2) is 13.4 Å². The van der Waals surface area contributed by atoms with E-state index in [-0.39, 0.29) is 17.3 Å². The summed E-state index contributed by atoms with van der Waals surface area (Å²) in [6.45, 7) is 0.792. The summed E-state index contributed by atoms with van der Waals surface area (Å²) in [6, 6.07) is 3.09. The van der Waals surface area contributed by atoms with Gasteiger partial charge < -0.3 is 10.2 Å². The standard InChI is InChI=1S/C12H18N4O3S/c1-13-11-5-4-10(8-14-11)20(18,19)16-7-3-6-15(2)12(17)9-16/h4-5,8H,3,6-7,9H2,1-2H3,(H,13,14). The molecular formula is C12H18N4O3S. The first kappa shape index (κ1) is 14.7. The van der Waals surface area contributed by atoms with Crippen molar-refractivity contribution in [1.82, 2.24) is 14.2 Å². The van der Waals surface area contributed by atoms with Gasteiger partial charge in [-0.3, -0.25) is 4.79 Å². The summed E-state index contributed by atoms with van der Waals surface area (Å²) < 4.78 is 26.2. The average Bonchev–Trinajstić information content (AvgIpc) is 2.61. The molecule has 1 amide bonds. The van der Waals surface area contributed by atoms with Gasteiger partial charge in [0.15, 0.2) is 0 Å². The molecule has 0 saturated carbocycles. The maximum Gasteiger partial charge on any atom is 0.245 e. The molecule has 1 aliphatic heterocycles. The van der Waals surface area contributed by atoms with E-state index in [0.717, 1.165) is 0 Å². The number of hydrogen-bond acceptors (Lipinski definition) is 5. The van der Waals surface area contributed by atoms with Crippen molar-refractivity contribution in [3.63, 3.8) is 0 Å². The van der Waals surface area contributed by atoms with E-state index in [0.29, 0.717) is 25.3 Å². The van der Waals surface area contributed by atoms with E-state index in [9.17, 15) is 13.2 Å². The number of pyridine rings is 1. The summed E-state index contributed by atoms with van der Waals surface area (Å²) >= 11 is 0. The number of sulfonamides is 1. The highest BCUT2D eigenvalue weighted by Crippen LogP contribution is 2.18. The molecule has 1 fully saturated rings. The molecule has 0 atom stereocenters. The molecule has 0 radical (unpaired) electrons. The van der Waals surface area contributed by atoms with Crippen molar-refractivity contribution < 1.29 is 13.2 Å². The Bertz CT molecular complexity index is 585. The SMILES string of the molecule is CNc1ccc(S(=O)(=O)N2CCCN(C)C(=O)C2)cn1. The Morgan fingerprint density at radius 3 is 2.65 bits per heavy atom. The lowest BCUT2D eigenvalue weighted by Gasteiger charge is -2.19. The number of carbonyl (C=O) groups excluding carboxylic acids is 1. The summed E-state index contributed by atoms with van der Waals surface area (Å²) in [5.41, 5.74) is 0. The summed E-state index contributed by atoms with van der Waals surface area (Å²) in [5, 5.41) is 2.83. The average molecular weight is 298 g/mol. The predicted octanol–water partition coefficient (Wildman–Crippen LogP) is -0.0239. The van der Waals surface area contributed by atoms with Crippen LogP contribution in [-0.2, 0) is 14.8 Å². The highest BCUT2D eigenvalue weighted by Gasteiger charge is 2.29. The second-order valence-electron chi connectivity index (χ2n) is 4.64. The van der Waals surface area contributed by atoms with Crippen molar-refractivity contribution in [2.45, 2.75) is 11.3 Å². The zero-order valence-electron chi connectivity index (χ0n) is 11.5. The largest absolute Gasteiger partial charge is 0.373 e. The van der Waals surface area contributed by atoms with Crippen LogP contribution >= 0.6 is 0 Å². The molecular weight excluding hydrogens is 280 g/mol. The normalized spacial score (nSPS) is 17.9. The van der Waals surface area contributed by atoms with Gasteiger partial charge in [-0.15, -0.1) is 0 Å². The van der Waals surface area contributed by atoms with Crippen LogP contribution in [0, 0.1) is 0 Å². The fourth-order valence-electron chi connectivity index (χ4n) is 1.99. The number of anilines is 1. The number of amides is 1. The maximum atomic E-state index is 12.5. The Kier molecular flexibility index (Phi) is 4.24. The van der Waals surface area contributed by atoms with Crippen LogP contribution in [0.15, 0.2) is 23.2 Å². The van der Waals surface area contributed by atoms with Crippen molar-refractivity contribution in [1.29, 1.82) is 0 Å². The van der Waals surface area contributed by atoms with E-state index >= 15 is 0 Å². The molecule has 20 heavy (non-hydrogen) atoms. The summed E-state index contributed by atoms with van der Waals surface area (Å²) in [5.74, 6) is 0.404. The third kappa shape index (κ3) is 2.91. The number of nitrogens with one attached hydrogen (secondary N) is 1. The molecule has 0 spiro atoms. The Morgan fingerprint density at radius 1 is 1.30 bits per heavy atom. The maximum absolute atomic E-state index is 12.5. The van der Waals surface area contributed by atoms with Crippen molar-refractivity contribution in [2.75, 3.05) is 39.0 Å². The van der Waals surface area contributed by atoms with E-state index in [1.54, 1.807) is 25.1 Å². The van der Waals surface area contributed by atoms with E-state index in [2.05, 4.69) is 10.3 Å². The molecule has 8 heteroatoms. The quantitative estimate of drug-likeness (QED) is 0.848. The van der Waals surface area contributed by atoms with Crippen LogP contribution in [0.4, 0.5) is 5.82 Å². The molecule has 0 aliphatic carbocycles. The van der Waals surface area contributed by atoms with E-state index in [1.165, 1.54) is 16.6 Å². The van der Waals surface area contributed by atoms with Gasteiger partial charge in [-0.1, -0.05) is 0 Å². The lowest BCUT2D eigenvalue weighted by Crippen LogP contribution is -2.38. The smallest absolute Gasteiger partial charge is 0.245 e. The Labute approximate surface area is 118 Å². The van der Waals surface area contributed by atoms with Crippen molar-refractivity contribution in [2.24, 2.45) is 0 Å². The number of carbonyl (C=O) groups is 1. The summed E-state index contributed by atoms with van der Waals surface area (Å²) in [6.07, 6.45) is 1.93. The van der Waals surface area contributed by atoms with Crippen molar-refractivity contribution in [3.8, 4) is 0 Å². The van der Waals surface area contributed by atoms with Crippen LogP contribution in [0.25, 0.3) is 0 Å². The molecule has 0 aromatic carbocycles. The monoisotopic (exact) mass is 298 g/mol. The van der Waals surface area contributed by atoms with Crippen LogP contribution in [-0.4, -0.2) is 62.2 Å². The molecule has 2 rings (SSSR count). The first-order valence-corrected chi connectivity index (χ1v) is 7.77. The number of likely N-dealkylation sites (N-methyl/N-ethyl adjacent to an activating group) is 1.